The van der Waals surface area contributed by atoms with Gasteiger partial charge < -0.3 is 19.3 Å². The third-order valence-electron chi connectivity index (χ3n) is 2.96. The number of aromatic hydroxyl groups is 1. The van der Waals surface area contributed by atoms with Crippen LogP contribution in [0.25, 0.3) is 0 Å². The number of hydrogen-bond acceptors (Lipinski definition) is 5. The van der Waals surface area contributed by atoms with Crippen LogP contribution in [-0.2, 0) is 4.74 Å². The maximum Gasteiger partial charge on any atom is 0.349 e. The van der Waals surface area contributed by atoms with Gasteiger partial charge in [-0.2, -0.15) is 0 Å². The molecule has 0 aromatic heterocycles. The molecule has 1 N–H and O–H groups in total. The van der Waals surface area contributed by atoms with Crippen molar-refractivity contribution >= 4 is 5.97 Å². The minimum absolute atomic E-state index is 0.0738. The summed E-state index contributed by atoms with van der Waals surface area (Å²) >= 11 is 0. The number of esters is 1. The number of phenols is 1. The first kappa shape index (κ1) is 13.3. The van der Waals surface area contributed by atoms with Gasteiger partial charge in [-0.1, -0.05) is 18.2 Å². The van der Waals surface area contributed by atoms with E-state index >= 15 is 0 Å². The number of rotatable bonds is 2. The molecule has 0 fully saturated rings. The largest absolute Gasteiger partial charge is 0.504 e. The molecule has 0 unspecified atom stereocenters. The number of fused-ring (bicyclic) bond motifs is 1. The molecule has 0 amide bonds. The Bertz CT molecular complexity index is 691. The lowest BCUT2D eigenvalue weighted by Gasteiger charge is -2.32. The molecule has 0 radical (unpaired) electrons. The number of cyclic esters (lactones) is 1. The van der Waals surface area contributed by atoms with Crippen LogP contribution in [-0.4, -0.2) is 16.9 Å². The van der Waals surface area contributed by atoms with Crippen molar-refractivity contribution in [2.75, 3.05) is 0 Å². The second kappa shape index (κ2) is 4.70. The fraction of sp³-hybridized carbons (Fsp3) is 0.188. The van der Waals surface area contributed by atoms with E-state index in [9.17, 15) is 9.90 Å². The number of hydrogen-bond donors (Lipinski definition) is 1. The SMILES string of the molecule is CC1(C)OC(=O)c2c(Oc3ccccc3)ccc(O)c2O1. The van der Waals surface area contributed by atoms with Gasteiger partial charge >= 0.3 is 5.97 Å². The van der Waals surface area contributed by atoms with Crippen LogP contribution in [0, 0.1) is 0 Å². The van der Waals surface area contributed by atoms with Crippen molar-refractivity contribution in [3.8, 4) is 23.0 Å². The highest BCUT2D eigenvalue weighted by Gasteiger charge is 2.38. The number of ether oxygens (including phenoxy) is 3. The standard InChI is InChI=1S/C16H14O5/c1-16(2)20-14-11(17)8-9-12(13(14)15(18)21-16)19-10-6-4-3-5-7-10/h3-9,17H,1-2H3. The van der Waals surface area contributed by atoms with Gasteiger partial charge in [0, 0.05) is 13.8 Å². The molecule has 0 bridgehead atoms. The first-order chi connectivity index (χ1) is 9.96. The summed E-state index contributed by atoms with van der Waals surface area (Å²) in [7, 11) is 0. The summed E-state index contributed by atoms with van der Waals surface area (Å²) in [6.45, 7) is 3.19. The zero-order chi connectivity index (χ0) is 15.0. The van der Waals surface area contributed by atoms with Crippen molar-refractivity contribution in [2.45, 2.75) is 19.6 Å². The second-order valence-electron chi connectivity index (χ2n) is 5.09. The predicted octanol–water partition coefficient (Wildman–Crippen LogP) is 3.47. The molecule has 21 heavy (non-hydrogen) atoms. The van der Waals surface area contributed by atoms with Crippen LogP contribution in [0.4, 0.5) is 0 Å². The van der Waals surface area contributed by atoms with Gasteiger partial charge in [-0.15, -0.1) is 0 Å². The van der Waals surface area contributed by atoms with Crippen molar-refractivity contribution in [1.29, 1.82) is 0 Å². The number of para-hydroxylation sites is 1. The summed E-state index contributed by atoms with van der Waals surface area (Å²) in [5.41, 5.74) is 0.0816. The molecular formula is C16H14O5. The van der Waals surface area contributed by atoms with Gasteiger partial charge in [0.1, 0.15) is 17.1 Å². The van der Waals surface area contributed by atoms with Gasteiger partial charge in [0.05, 0.1) is 0 Å². The van der Waals surface area contributed by atoms with Gasteiger partial charge in [0.25, 0.3) is 0 Å². The molecule has 1 aliphatic heterocycles. The van der Waals surface area contributed by atoms with Crippen molar-refractivity contribution in [3.63, 3.8) is 0 Å². The van der Waals surface area contributed by atoms with E-state index in [1.54, 1.807) is 26.0 Å². The van der Waals surface area contributed by atoms with Crippen LogP contribution in [0.15, 0.2) is 42.5 Å². The molecule has 2 aromatic rings. The number of carbonyl (C=O) groups excluding carboxylic acids is 1. The van der Waals surface area contributed by atoms with Gasteiger partial charge in [-0.25, -0.2) is 4.79 Å². The summed E-state index contributed by atoms with van der Waals surface area (Å²) < 4.78 is 16.4. The number of benzene rings is 2. The van der Waals surface area contributed by atoms with E-state index in [0.717, 1.165) is 0 Å². The van der Waals surface area contributed by atoms with E-state index in [1.165, 1.54) is 12.1 Å². The normalized spacial score (nSPS) is 15.6. The molecule has 2 aromatic carbocycles. The van der Waals surface area contributed by atoms with Crippen molar-refractivity contribution in [3.05, 3.63) is 48.0 Å². The molecule has 5 nitrogen and oxygen atoms in total. The monoisotopic (exact) mass is 286 g/mol. The Labute approximate surface area is 121 Å². The lowest BCUT2D eigenvalue weighted by atomic mass is 10.1. The topological polar surface area (TPSA) is 65.0 Å². The third kappa shape index (κ3) is 2.50. The van der Waals surface area contributed by atoms with Crippen LogP contribution >= 0.6 is 0 Å². The predicted molar refractivity (Wildman–Crippen MR) is 74.7 cm³/mol. The van der Waals surface area contributed by atoms with E-state index in [4.69, 9.17) is 14.2 Å². The van der Waals surface area contributed by atoms with Crippen LogP contribution in [0.3, 0.4) is 0 Å². The molecule has 0 saturated heterocycles. The van der Waals surface area contributed by atoms with E-state index in [2.05, 4.69) is 0 Å². The summed E-state index contributed by atoms with van der Waals surface area (Å²) in [4.78, 5) is 12.2. The van der Waals surface area contributed by atoms with Crippen molar-refractivity contribution in [1.82, 2.24) is 0 Å². The zero-order valence-electron chi connectivity index (χ0n) is 11.6. The molecule has 0 spiro atoms. The van der Waals surface area contributed by atoms with Crippen molar-refractivity contribution in [2.24, 2.45) is 0 Å². The zero-order valence-corrected chi connectivity index (χ0v) is 11.6. The summed E-state index contributed by atoms with van der Waals surface area (Å²) in [5.74, 6) is -0.937. The minimum Gasteiger partial charge on any atom is -0.504 e. The molecule has 5 heteroatoms. The van der Waals surface area contributed by atoms with Crippen LogP contribution in [0.5, 0.6) is 23.0 Å². The maximum atomic E-state index is 12.2. The first-order valence-corrected chi connectivity index (χ1v) is 6.47. The first-order valence-electron chi connectivity index (χ1n) is 6.47. The average Bonchev–Trinajstić information content (AvgIpc) is 2.42. The lowest BCUT2D eigenvalue weighted by molar-refractivity contribution is -0.128. The molecule has 1 aliphatic rings. The van der Waals surface area contributed by atoms with E-state index < -0.39 is 11.8 Å². The highest BCUT2D eigenvalue weighted by atomic mass is 16.7. The fourth-order valence-electron chi connectivity index (χ4n) is 2.09. The Kier molecular flexibility index (Phi) is 2.97. The van der Waals surface area contributed by atoms with Gasteiger partial charge in [-0.05, 0) is 24.3 Å². The Morgan fingerprint density at radius 3 is 2.48 bits per heavy atom. The van der Waals surface area contributed by atoms with Gasteiger partial charge in [0.2, 0.25) is 5.79 Å². The average molecular weight is 286 g/mol. The van der Waals surface area contributed by atoms with Crippen molar-refractivity contribution < 1.29 is 24.1 Å². The quantitative estimate of drug-likeness (QED) is 0.856. The number of phenolic OH excluding ortho intramolecular Hbond substituents is 1. The van der Waals surface area contributed by atoms with E-state index in [1.807, 2.05) is 18.2 Å². The fourth-order valence-corrected chi connectivity index (χ4v) is 2.09. The summed E-state index contributed by atoms with van der Waals surface area (Å²) in [6.07, 6.45) is 0. The summed E-state index contributed by atoms with van der Waals surface area (Å²) in [6, 6.07) is 11.9. The maximum absolute atomic E-state index is 12.2. The molecule has 108 valence electrons. The highest BCUT2D eigenvalue weighted by Crippen LogP contribution is 2.44. The second-order valence-corrected chi connectivity index (χ2v) is 5.09. The molecule has 0 atom stereocenters. The Morgan fingerprint density at radius 2 is 1.76 bits per heavy atom. The molecule has 3 rings (SSSR count). The number of carbonyl (C=O) groups is 1. The van der Waals surface area contributed by atoms with Crippen LogP contribution in [0.1, 0.15) is 24.2 Å². The van der Waals surface area contributed by atoms with Gasteiger partial charge in [0.15, 0.2) is 11.5 Å². The van der Waals surface area contributed by atoms with E-state index in [-0.39, 0.29) is 22.8 Å². The van der Waals surface area contributed by atoms with Gasteiger partial charge in [-0.3, -0.25) is 0 Å². The lowest BCUT2D eigenvalue weighted by Crippen LogP contribution is -2.39. The highest BCUT2D eigenvalue weighted by molar-refractivity contribution is 5.97. The Balaban J connectivity index is 2.06. The smallest absolute Gasteiger partial charge is 0.349 e. The molecule has 0 saturated carbocycles. The molecule has 0 aliphatic carbocycles. The van der Waals surface area contributed by atoms with E-state index in [0.29, 0.717) is 5.75 Å². The minimum atomic E-state index is -1.13. The molecule has 1 heterocycles. The molecular weight excluding hydrogens is 272 g/mol. The Hall–Kier alpha value is -2.69. The summed E-state index contributed by atoms with van der Waals surface area (Å²) in [5, 5.41) is 9.91. The Morgan fingerprint density at radius 1 is 1.05 bits per heavy atom. The third-order valence-corrected chi connectivity index (χ3v) is 2.96. The van der Waals surface area contributed by atoms with Crippen LogP contribution < -0.4 is 9.47 Å². The van der Waals surface area contributed by atoms with Crippen LogP contribution in [0.2, 0.25) is 0 Å².